The average Bonchev–Trinajstić information content (AvgIpc) is 3.29. The maximum Gasteiger partial charge on any atom is 0.364 e. The van der Waals surface area contributed by atoms with Crippen molar-refractivity contribution < 1.29 is 23.5 Å². The first kappa shape index (κ1) is 22.1. The van der Waals surface area contributed by atoms with Crippen LogP contribution in [0.1, 0.15) is 35.5 Å². The van der Waals surface area contributed by atoms with E-state index in [1.807, 2.05) is 6.92 Å². The van der Waals surface area contributed by atoms with Crippen molar-refractivity contribution in [2.45, 2.75) is 26.7 Å². The number of nitrogens with zero attached hydrogens (tertiary/aromatic N) is 3. The largest absolute Gasteiger partial charge is 0.466 e. The van der Waals surface area contributed by atoms with Crippen LogP contribution in [0.25, 0.3) is 16.9 Å². The molecule has 2 heterocycles. The molecule has 0 aliphatic heterocycles. The summed E-state index contributed by atoms with van der Waals surface area (Å²) in [5, 5.41) is 4.37. The minimum atomic E-state index is -0.745. The van der Waals surface area contributed by atoms with Gasteiger partial charge in [-0.3, -0.25) is 4.79 Å². The van der Waals surface area contributed by atoms with Crippen LogP contribution in [0.4, 0.5) is 4.39 Å². The fourth-order valence-electron chi connectivity index (χ4n) is 3.43. The van der Waals surface area contributed by atoms with Gasteiger partial charge in [0.1, 0.15) is 11.6 Å². The SMILES string of the molecule is CCOC(=O)Cc1ccccc1OC(=O)c1nc(-c2cc(CC)ccc2F)nn2cccc12. The number of carbonyl (C=O) groups excluding carboxylic acids is 2. The summed E-state index contributed by atoms with van der Waals surface area (Å²) in [6, 6.07) is 14.8. The quantitative estimate of drug-likeness (QED) is 0.308. The minimum Gasteiger partial charge on any atom is -0.466 e. The first-order valence-electron chi connectivity index (χ1n) is 10.6. The molecule has 0 fully saturated rings. The zero-order valence-corrected chi connectivity index (χ0v) is 18.2. The van der Waals surface area contributed by atoms with E-state index < -0.39 is 17.8 Å². The average molecular weight is 447 g/mol. The van der Waals surface area contributed by atoms with Gasteiger partial charge in [0.15, 0.2) is 11.5 Å². The number of ether oxygens (including phenoxy) is 2. The highest BCUT2D eigenvalue weighted by atomic mass is 19.1. The van der Waals surface area contributed by atoms with Crippen molar-refractivity contribution in [1.82, 2.24) is 14.6 Å². The molecule has 0 saturated carbocycles. The first-order chi connectivity index (χ1) is 16.0. The van der Waals surface area contributed by atoms with E-state index in [9.17, 15) is 14.0 Å². The fourth-order valence-corrected chi connectivity index (χ4v) is 3.43. The van der Waals surface area contributed by atoms with E-state index in [4.69, 9.17) is 9.47 Å². The van der Waals surface area contributed by atoms with Crippen molar-refractivity contribution in [2.75, 3.05) is 6.61 Å². The molecule has 2 aromatic heterocycles. The number of esters is 2. The zero-order valence-electron chi connectivity index (χ0n) is 18.2. The molecular weight excluding hydrogens is 425 g/mol. The van der Waals surface area contributed by atoms with Crippen LogP contribution in [0, 0.1) is 5.82 Å². The number of rotatable bonds is 7. The molecule has 4 rings (SSSR count). The summed E-state index contributed by atoms with van der Waals surface area (Å²) in [7, 11) is 0. The van der Waals surface area contributed by atoms with Gasteiger partial charge in [0, 0.05) is 11.8 Å². The lowest BCUT2D eigenvalue weighted by atomic mass is 10.1. The molecule has 2 aromatic carbocycles. The van der Waals surface area contributed by atoms with Crippen LogP contribution >= 0.6 is 0 Å². The van der Waals surface area contributed by atoms with E-state index in [0.29, 0.717) is 17.5 Å². The van der Waals surface area contributed by atoms with E-state index in [1.165, 1.54) is 10.6 Å². The molecule has 0 atom stereocenters. The van der Waals surface area contributed by atoms with Gasteiger partial charge < -0.3 is 9.47 Å². The number of benzene rings is 2. The highest BCUT2D eigenvalue weighted by molar-refractivity contribution is 5.96. The monoisotopic (exact) mass is 447 g/mol. The van der Waals surface area contributed by atoms with Crippen molar-refractivity contribution >= 4 is 17.5 Å². The number of halogens is 1. The lowest BCUT2D eigenvalue weighted by Crippen LogP contribution is -2.16. The van der Waals surface area contributed by atoms with Crippen molar-refractivity contribution in [2.24, 2.45) is 0 Å². The molecule has 0 spiro atoms. The molecule has 0 unspecified atom stereocenters. The minimum absolute atomic E-state index is 0.0164. The van der Waals surface area contributed by atoms with Crippen LogP contribution in [0.5, 0.6) is 5.75 Å². The van der Waals surface area contributed by atoms with Gasteiger partial charge in [0.05, 0.1) is 24.1 Å². The third-order valence-corrected chi connectivity index (χ3v) is 5.08. The Bertz CT molecular complexity index is 1330. The summed E-state index contributed by atoms with van der Waals surface area (Å²) < 4.78 is 26.6. The highest BCUT2D eigenvalue weighted by Crippen LogP contribution is 2.25. The van der Waals surface area contributed by atoms with Crippen LogP contribution < -0.4 is 4.74 Å². The number of fused-ring (bicyclic) bond motifs is 1. The first-order valence-corrected chi connectivity index (χ1v) is 10.6. The van der Waals surface area contributed by atoms with Gasteiger partial charge in [0.25, 0.3) is 0 Å². The normalized spacial score (nSPS) is 10.9. The van der Waals surface area contributed by atoms with E-state index in [0.717, 1.165) is 5.56 Å². The molecule has 33 heavy (non-hydrogen) atoms. The predicted octanol–water partition coefficient (Wildman–Crippen LogP) is 4.42. The highest BCUT2D eigenvalue weighted by Gasteiger charge is 2.21. The fraction of sp³-hybridized carbons (Fsp3) is 0.200. The van der Waals surface area contributed by atoms with Crippen LogP contribution in [-0.4, -0.2) is 33.1 Å². The number of carbonyl (C=O) groups is 2. The molecule has 7 nitrogen and oxygen atoms in total. The third-order valence-electron chi connectivity index (χ3n) is 5.08. The molecule has 8 heteroatoms. The topological polar surface area (TPSA) is 82.8 Å². The molecule has 0 aliphatic rings. The number of aromatic nitrogens is 3. The second kappa shape index (κ2) is 9.60. The van der Waals surface area contributed by atoms with Crippen LogP contribution in [0.2, 0.25) is 0 Å². The van der Waals surface area contributed by atoms with Crippen LogP contribution in [0.15, 0.2) is 60.8 Å². The molecule has 0 aliphatic carbocycles. The van der Waals surface area contributed by atoms with E-state index in [2.05, 4.69) is 10.1 Å². The Hall–Kier alpha value is -4.07. The van der Waals surface area contributed by atoms with E-state index >= 15 is 0 Å². The molecule has 0 N–H and O–H groups in total. The molecule has 0 saturated heterocycles. The van der Waals surface area contributed by atoms with Crippen LogP contribution in [0.3, 0.4) is 0 Å². The summed E-state index contributed by atoms with van der Waals surface area (Å²) >= 11 is 0. The van der Waals surface area contributed by atoms with Gasteiger partial charge in [-0.1, -0.05) is 31.2 Å². The van der Waals surface area contributed by atoms with E-state index in [-0.39, 0.29) is 35.9 Å². The third kappa shape index (κ3) is 4.74. The lowest BCUT2D eigenvalue weighted by molar-refractivity contribution is -0.142. The Labute approximate surface area is 189 Å². The Morgan fingerprint density at radius 2 is 1.88 bits per heavy atom. The van der Waals surface area contributed by atoms with Crippen molar-refractivity contribution in [3.63, 3.8) is 0 Å². The molecule has 0 radical (unpaired) electrons. The number of hydrogen-bond donors (Lipinski definition) is 0. The molecule has 0 bridgehead atoms. The second-order valence-corrected chi connectivity index (χ2v) is 7.27. The Morgan fingerprint density at radius 3 is 2.67 bits per heavy atom. The second-order valence-electron chi connectivity index (χ2n) is 7.27. The van der Waals surface area contributed by atoms with Gasteiger partial charge in [-0.05, 0) is 49.2 Å². The molecule has 4 aromatic rings. The number of hydrogen-bond acceptors (Lipinski definition) is 6. The summed E-state index contributed by atoms with van der Waals surface area (Å²) in [4.78, 5) is 29.4. The van der Waals surface area contributed by atoms with Gasteiger partial charge in [-0.15, -0.1) is 5.10 Å². The number of aryl methyl sites for hydroxylation is 1. The molecular formula is C25H22FN3O4. The maximum atomic E-state index is 14.6. The number of para-hydroxylation sites is 1. The Balaban J connectivity index is 1.72. The van der Waals surface area contributed by atoms with Gasteiger partial charge in [-0.2, -0.15) is 0 Å². The zero-order chi connectivity index (χ0) is 23.4. The van der Waals surface area contributed by atoms with Gasteiger partial charge >= 0.3 is 11.9 Å². The summed E-state index contributed by atoms with van der Waals surface area (Å²) in [6.07, 6.45) is 2.32. The summed E-state index contributed by atoms with van der Waals surface area (Å²) in [5.41, 5.74) is 2.02. The summed E-state index contributed by atoms with van der Waals surface area (Å²) in [6.45, 7) is 3.94. The molecule has 168 valence electrons. The van der Waals surface area contributed by atoms with Gasteiger partial charge in [-0.25, -0.2) is 18.7 Å². The van der Waals surface area contributed by atoms with Gasteiger partial charge in [0.2, 0.25) is 0 Å². The van der Waals surface area contributed by atoms with Crippen molar-refractivity contribution in [1.29, 1.82) is 0 Å². The van der Waals surface area contributed by atoms with Crippen molar-refractivity contribution in [3.8, 4) is 17.1 Å². The standard InChI is InChI=1S/C25H22FN3O4/c1-3-16-11-12-19(26)18(14-16)24-27-23(20-9-7-13-29(20)28-24)25(31)33-21-10-6-5-8-17(21)15-22(30)32-4-2/h5-14H,3-4,15H2,1-2H3. The summed E-state index contributed by atoms with van der Waals surface area (Å²) in [5.74, 6) is -1.37. The Kier molecular flexibility index (Phi) is 6.44. The van der Waals surface area contributed by atoms with E-state index in [1.54, 1.807) is 61.7 Å². The van der Waals surface area contributed by atoms with Crippen molar-refractivity contribution in [3.05, 3.63) is 83.4 Å². The smallest absolute Gasteiger partial charge is 0.364 e. The van der Waals surface area contributed by atoms with Crippen LogP contribution in [-0.2, 0) is 22.4 Å². The Morgan fingerprint density at radius 1 is 1.06 bits per heavy atom. The maximum absolute atomic E-state index is 14.6. The predicted molar refractivity (Wildman–Crippen MR) is 119 cm³/mol. The lowest BCUT2D eigenvalue weighted by Gasteiger charge is -2.11. The molecule has 0 amide bonds.